The van der Waals surface area contributed by atoms with Crippen LogP contribution in [0.1, 0.15) is 33.5 Å². The number of benzene rings is 3. The van der Waals surface area contributed by atoms with E-state index >= 15 is 0 Å². The molecule has 0 saturated heterocycles. The van der Waals surface area contributed by atoms with E-state index in [2.05, 4.69) is 12.1 Å². The Morgan fingerprint density at radius 2 is 1.60 bits per heavy atom. The topological polar surface area (TPSA) is 63.6 Å². The SMILES string of the molecule is O=C(O)Cc1cccc(C(=O)C=Cc2ccc(OCCCc3ccccc3)cc2)c1. The average Bonchev–Trinajstić information content (AvgIpc) is 2.76. The summed E-state index contributed by atoms with van der Waals surface area (Å²) in [6, 6.07) is 24.6. The number of ketones is 1. The maximum absolute atomic E-state index is 12.4. The minimum absolute atomic E-state index is 0.0996. The Bertz CT molecular complexity index is 1000. The lowest BCUT2D eigenvalue weighted by molar-refractivity contribution is -0.136. The molecule has 3 aromatic rings. The first kappa shape index (κ1) is 21.1. The fraction of sp³-hybridized carbons (Fsp3) is 0.154. The van der Waals surface area contributed by atoms with Gasteiger partial charge < -0.3 is 9.84 Å². The van der Waals surface area contributed by atoms with Gasteiger partial charge in [-0.2, -0.15) is 0 Å². The van der Waals surface area contributed by atoms with E-state index < -0.39 is 5.97 Å². The van der Waals surface area contributed by atoms with Crippen LogP contribution in [0.4, 0.5) is 0 Å². The second kappa shape index (κ2) is 10.8. The van der Waals surface area contributed by atoms with Crippen molar-refractivity contribution in [3.63, 3.8) is 0 Å². The number of ether oxygens (including phenoxy) is 1. The van der Waals surface area contributed by atoms with Crippen LogP contribution in [0.2, 0.25) is 0 Å². The molecule has 3 aromatic carbocycles. The third-order valence-corrected chi connectivity index (χ3v) is 4.60. The zero-order valence-corrected chi connectivity index (χ0v) is 16.7. The number of allylic oxidation sites excluding steroid dienone is 1. The normalized spacial score (nSPS) is 10.8. The van der Waals surface area contributed by atoms with Crippen LogP contribution in [-0.4, -0.2) is 23.5 Å². The molecule has 0 bridgehead atoms. The van der Waals surface area contributed by atoms with Gasteiger partial charge >= 0.3 is 5.97 Å². The van der Waals surface area contributed by atoms with Gasteiger partial charge in [-0.15, -0.1) is 0 Å². The predicted molar refractivity (Wildman–Crippen MR) is 118 cm³/mol. The van der Waals surface area contributed by atoms with E-state index in [0.717, 1.165) is 24.2 Å². The van der Waals surface area contributed by atoms with Gasteiger partial charge in [0.2, 0.25) is 0 Å². The highest BCUT2D eigenvalue weighted by atomic mass is 16.5. The molecule has 0 unspecified atom stereocenters. The number of carboxylic acids is 1. The molecule has 0 spiro atoms. The highest BCUT2D eigenvalue weighted by molar-refractivity contribution is 6.07. The van der Waals surface area contributed by atoms with E-state index in [-0.39, 0.29) is 12.2 Å². The number of carbonyl (C=O) groups excluding carboxylic acids is 1. The van der Waals surface area contributed by atoms with Crippen molar-refractivity contribution < 1.29 is 19.4 Å². The van der Waals surface area contributed by atoms with Gasteiger partial charge in [0.1, 0.15) is 5.75 Å². The molecule has 0 atom stereocenters. The highest BCUT2D eigenvalue weighted by Crippen LogP contribution is 2.15. The minimum Gasteiger partial charge on any atom is -0.494 e. The van der Waals surface area contributed by atoms with Gasteiger partial charge in [0.15, 0.2) is 5.78 Å². The quantitative estimate of drug-likeness (QED) is 0.288. The van der Waals surface area contributed by atoms with Gasteiger partial charge in [-0.1, -0.05) is 66.7 Å². The maximum Gasteiger partial charge on any atom is 0.307 e. The summed E-state index contributed by atoms with van der Waals surface area (Å²) >= 11 is 0. The third-order valence-electron chi connectivity index (χ3n) is 4.60. The largest absolute Gasteiger partial charge is 0.494 e. The summed E-state index contributed by atoms with van der Waals surface area (Å²) in [5.74, 6) is -0.283. The first-order valence-electron chi connectivity index (χ1n) is 9.90. The molecule has 4 nitrogen and oxygen atoms in total. The maximum atomic E-state index is 12.4. The Kier molecular flexibility index (Phi) is 7.56. The fourth-order valence-electron chi connectivity index (χ4n) is 3.06. The molecule has 3 rings (SSSR count). The van der Waals surface area contributed by atoms with Gasteiger partial charge in [-0.05, 0) is 53.8 Å². The van der Waals surface area contributed by atoms with E-state index in [4.69, 9.17) is 9.84 Å². The van der Waals surface area contributed by atoms with Crippen LogP contribution in [0.3, 0.4) is 0 Å². The first-order chi connectivity index (χ1) is 14.6. The van der Waals surface area contributed by atoms with E-state index in [1.54, 1.807) is 30.3 Å². The number of carbonyl (C=O) groups is 2. The molecular formula is C26H24O4. The summed E-state index contributed by atoms with van der Waals surface area (Å²) < 4.78 is 5.78. The van der Waals surface area contributed by atoms with Crippen molar-refractivity contribution in [3.8, 4) is 5.75 Å². The van der Waals surface area contributed by atoms with Crippen LogP contribution in [0.5, 0.6) is 5.75 Å². The smallest absolute Gasteiger partial charge is 0.307 e. The van der Waals surface area contributed by atoms with Gasteiger partial charge in [-0.25, -0.2) is 0 Å². The molecule has 0 fully saturated rings. The summed E-state index contributed by atoms with van der Waals surface area (Å²) in [7, 11) is 0. The summed E-state index contributed by atoms with van der Waals surface area (Å²) in [6.07, 6.45) is 5.07. The summed E-state index contributed by atoms with van der Waals surface area (Å²) in [6.45, 7) is 0.648. The molecule has 0 aromatic heterocycles. The van der Waals surface area contributed by atoms with Gasteiger partial charge in [-0.3, -0.25) is 9.59 Å². The minimum atomic E-state index is -0.919. The van der Waals surface area contributed by atoms with E-state index in [1.807, 2.05) is 42.5 Å². The predicted octanol–water partition coefficient (Wildman–Crippen LogP) is 5.22. The molecule has 152 valence electrons. The molecule has 0 saturated carbocycles. The Labute approximate surface area is 176 Å². The van der Waals surface area contributed by atoms with Gasteiger partial charge in [0, 0.05) is 5.56 Å². The van der Waals surface area contributed by atoms with Crippen molar-refractivity contribution in [1.82, 2.24) is 0 Å². The van der Waals surface area contributed by atoms with Crippen molar-refractivity contribution >= 4 is 17.8 Å². The number of aryl methyl sites for hydroxylation is 1. The molecule has 30 heavy (non-hydrogen) atoms. The third kappa shape index (κ3) is 6.74. The average molecular weight is 400 g/mol. The van der Waals surface area contributed by atoms with Crippen LogP contribution < -0.4 is 4.74 Å². The van der Waals surface area contributed by atoms with Crippen LogP contribution in [0, 0.1) is 0 Å². The Morgan fingerprint density at radius 3 is 2.33 bits per heavy atom. The van der Waals surface area contributed by atoms with Crippen molar-refractivity contribution in [2.45, 2.75) is 19.3 Å². The number of aliphatic carboxylic acids is 1. The van der Waals surface area contributed by atoms with Crippen LogP contribution in [-0.2, 0) is 17.6 Å². The number of hydrogen-bond acceptors (Lipinski definition) is 3. The monoisotopic (exact) mass is 400 g/mol. The van der Waals surface area contributed by atoms with Crippen LogP contribution in [0.25, 0.3) is 6.08 Å². The Hall–Kier alpha value is -3.66. The fourth-order valence-corrected chi connectivity index (χ4v) is 3.06. The van der Waals surface area contributed by atoms with Crippen molar-refractivity contribution in [2.24, 2.45) is 0 Å². The molecular weight excluding hydrogens is 376 g/mol. The molecule has 0 aliphatic heterocycles. The Morgan fingerprint density at radius 1 is 0.867 bits per heavy atom. The standard InChI is InChI=1S/C26H24O4/c27-25(23-10-4-8-22(18-23)19-26(28)29)16-13-21-11-14-24(15-12-21)30-17-5-9-20-6-2-1-3-7-20/h1-4,6-8,10-16,18H,5,9,17,19H2,(H,28,29). The van der Waals surface area contributed by atoms with E-state index in [1.165, 1.54) is 11.6 Å². The zero-order valence-electron chi connectivity index (χ0n) is 16.7. The van der Waals surface area contributed by atoms with Gasteiger partial charge in [0.05, 0.1) is 13.0 Å². The van der Waals surface area contributed by atoms with Crippen molar-refractivity contribution in [3.05, 3.63) is 107 Å². The Balaban J connectivity index is 1.49. The molecule has 0 heterocycles. The molecule has 0 aliphatic rings. The lowest BCUT2D eigenvalue weighted by atomic mass is 10.0. The number of hydrogen-bond donors (Lipinski definition) is 1. The highest BCUT2D eigenvalue weighted by Gasteiger charge is 2.05. The lowest BCUT2D eigenvalue weighted by Crippen LogP contribution is -2.02. The van der Waals surface area contributed by atoms with Crippen molar-refractivity contribution in [1.29, 1.82) is 0 Å². The molecule has 1 N–H and O–H groups in total. The number of carboxylic acid groups (broad SMARTS) is 1. The summed E-state index contributed by atoms with van der Waals surface area (Å²) in [4.78, 5) is 23.2. The number of rotatable bonds is 10. The zero-order chi connectivity index (χ0) is 21.2. The molecule has 0 aliphatic carbocycles. The van der Waals surface area contributed by atoms with E-state index in [9.17, 15) is 9.59 Å². The van der Waals surface area contributed by atoms with Gasteiger partial charge in [0.25, 0.3) is 0 Å². The second-order valence-corrected chi connectivity index (χ2v) is 6.98. The summed E-state index contributed by atoms with van der Waals surface area (Å²) in [5.41, 5.74) is 3.28. The molecule has 4 heteroatoms. The first-order valence-corrected chi connectivity index (χ1v) is 9.90. The lowest BCUT2D eigenvalue weighted by Gasteiger charge is -2.06. The molecule has 0 amide bonds. The van der Waals surface area contributed by atoms with Crippen molar-refractivity contribution in [2.75, 3.05) is 6.61 Å². The summed E-state index contributed by atoms with van der Waals surface area (Å²) in [5, 5.41) is 8.88. The van der Waals surface area contributed by atoms with Crippen LogP contribution in [0.15, 0.2) is 84.9 Å². The van der Waals surface area contributed by atoms with Crippen LogP contribution >= 0.6 is 0 Å². The van der Waals surface area contributed by atoms with E-state index in [0.29, 0.717) is 17.7 Å². The molecule has 0 radical (unpaired) electrons. The second-order valence-electron chi connectivity index (χ2n) is 6.98.